The van der Waals surface area contributed by atoms with Crippen molar-refractivity contribution in [2.24, 2.45) is 0 Å². The van der Waals surface area contributed by atoms with Crippen LogP contribution in [-0.4, -0.2) is 14.7 Å². The van der Waals surface area contributed by atoms with Crippen molar-refractivity contribution in [1.82, 2.24) is 14.9 Å². The number of phenols is 1. The van der Waals surface area contributed by atoms with E-state index in [0.29, 0.717) is 5.75 Å². The molecule has 0 aliphatic heterocycles. The Bertz CT molecular complexity index is 399. The van der Waals surface area contributed by atoms with Crippen LogP contribution in [0.2, 0.25) is 0 Å². The van der Waals surface area contributed by atoms with Crippen LogP contribution in [0.1, 0.15) is 11.3 Å². The molecule has 0 atom stereocenters. The first-order valence-electron chi connectivity index (χ1n) is 4.59. The molecule has 78 valence electrons. The largest absolute Gasteiger partial charge is 0.508 e. The Morgan fingerprint density at radius 3 is 2.67 bits per heavy atom. The van der Waals surface area contributed by atoms with E-state index in [1.165, 1.54) is 11.5 Å². The van der Waals surface area contributed by atoms with Crippen LogP contribution in [0.5, 0.6) is 5.75 Å². The van der Waals surface area contributed by atoms with Crippen LogP contribution in [0.4, 0.5) is 0 Å². The second-order valence-electron chi connectivity index (χ2n) is 3.17. The summed E-state index contributed by atoms with van der Waals surface area (Å²) >= 11 is 1.35. The molecule has 0 unspecified atom stereocenters. The van der Waals surface area contributed by atoms with Gasteiger partial charge in [-0.2, -0.15) is 0 Å². The Morgan fingerprint density at radius 2 is 2.00 bits per heavy atom. The lowest BCUT2D eigenvalue weighted by Crippen LogP contribution is -2.12. The highest BCUT2D eigenvalue weighted by Gasteiger charge is 1.96. The first kappa shape index (κ1) is 10.1. The van der Waals surface area contributed by atoms with Crippen LogP contribution in [0, 0.1) is 0 Å². The van der Waals surface area contributed by atoms with Crippen molar-refractivity contribution in [1.29, 1.82) is 0 Å². The molecule has 2 aromatic rings. The lowest BCUT2D eigenvalue weighted by molar-refractivity contribution is 0.475. The molecule has 4 nitrogen and oxygen atoms in total. The zero-order chi connectivity index (χ0) is 10.5. The average molecular weight is 221 g/mol. The number of hydrogen-bond acceptors (Lipinski definition) is 5. The Labute approximate surface area is 91.8 Å². The Hall–Kier alpha value is -1.46. The molecule has 1 aromatic heterocycles. The van der Waals surface area contributed by atoms with E-state index in [1.807, 2.05) is 17.5 Å². The number of rotatable bonds is 4. The van der Waals surface area contributed by atoms with Gasteiger partial charge in [0.15, 0.2) is 0 Å². The second kappa shape index (κ2) is 4.86. The highest BCUT2D eigenvalue weighted by atomic mass is 32.1. The Morgan fingerprint density at radius 1 is 1.20 bits per heavy atom. The summed E-state index contributed by atoms with van der Waals surface area (Å²) in [4.78, 5) is 0. The van der Waals surface area contributed by atoms with Crippen molar-refractivity contribution >= 4 is 11.5 Å². The molecule has 2 N–H and O–H groups in total. The van der Waals surface area contributed by atoms with Crippen LogP contribution >= 0.6 is 11.5 Å². The smallest absolute Gasteiger partial charge is 0.115 e. The number of benzene rings is 1. The van der Waals surface area contributed by atoms with Crippen LogP contribution < -0.4 is 5.32 Å². The summed E-state index contributed by atoms with van der Waals surface area (Å²) in [6.45, 7) is 1.48. The molecule has 0 saturated carbocycles. The van der Waals surface area contributed by atoms with Crippen molar-refractivity contribution in [3.05, 3.63) is 40.9 Å². The maximum atomic E-state index is 9.10. The number of nitrogens with zero attached hydrogens (tertiary/aromatic N) is 2. The maximum absolute atomic E-state index is 9.10. The third-order valence-corrected chi connectivity index (χ3v) is 2.53. The molecule has 5 heteroatoms. The van der Waals surface area contributed by atoms with E-state index in [1.54, 1.807) is 12.1 Å². The number of hydrogen-bond donors (Lipinski definition) is 2. The van der Waals surface area contributed by atoms with E-state index in [9.17, 15) is 0 Å². The first-order valence-corrected chi connectivity index (χ1v) is 5.43. The molecule has 0 amide bonds. The molecule has 0 aliphatic carbocycles. The molecule has 0 saturated heterocycles. The van der Waals surface area contributed by atoms with E-state index < -0.39 is 0 Å². The van der Waals surface area contributed by atoms with Gasteiger partial charge in [-0.3, -0.25) is 0 Å². The Kier molecular flexibility index (Phi) is 3.26. The molecular weight excluding hydrogens is 210 g/mol. The average Bonchev–Trinajstić information content (AvgIpc) is 2.74. The predicted octanol–water partition coefficient (Wildman–Crippen LogP) is 1.53. The van der Waals surface area contributed by atoms with E-state index >= 15 is 0 Å². The third kappa shape index (κ3) is 3.00. The summed E-state index contributed by atoms with van der Waals surface area (Å²) in [5.74, 6) is 0.294. The minimum atomic E-state index is 0.294. The molecule has 0 spiro atoms. The fourth-order valence-electron chi connectivity index (χ4n) is 1.21. The van der Waals surface area contributed by atoms with Crippen molar-refractivity contribution in [3.63, 3.8) is 0 Å². The van der Waals surface area contributed by atoms with Crippen LogP contribution in [0.25, 0.3) is 0 Å². The number of aromatic nitrogens is 2. The lowest BCUT2D eigenvalue weighted by Gasteiger charge is -2.02. The molecule has 1 heterocycles. The van der Waals surface area contributed by atoms with Gasteiger partial charge in [0.25, 0.3) is 0 Å². The van der Waals surface area contributed by atoms with Gasteiger partial charge in [-0.05, 0) is 29.2 Å². The fraction of sp³-hybridized carbons (Fsp3) is 0.200. The van der Waals surface area contributed by atoms with Crippen LogP contribution in [0.3, 0.4) is 0 Å². The summed E-state index contributed by atoms with van der Waals surface area (Å²) in [6.07, 6.45) is 0. The Balaban J connectivity index is 1.81. The molecular formula is C10H11N3OS. The minimum Gasteiger partial charge on any atom is -0.508 e. The topological polar surface area (TPSA) is 58.0 Å². The van der Waals surface area contributed by atoms with Gasteiger partial charge in [-0.1, -0.05) is 16.6 Å². The first-order chi connectivity index (χ1) is 7.34. The summed E-state index contributed by atoms with van der Waals surface area (Å²) in [6, 6.07) is 7.14. The quantitative estimate of drug-likeness (QED) is 0.822. The highest BCUT2D eigenvalue weighted by Crippen LogP contribution is 2.09. The lowest BCUT2D eigenvalue weighted by atomic mass is 10.2. The summed E-state index contributed by atoms with van der Waals surface area (Å²) < 4.78 is 3.78. The summed E-state index contributed by atoms with van der Waals surface area (Å²) in [7, 11) is 0. The number of nitrogens with one attached hydrogen (secondary N) is 1. The molecule has 0 aliphatic rings. The van der Waals surface area contributed by atoms with E-state index in [2.05, 4.69) is 14.9 Å². The van der Waals surface area contributed by atoms with Crippen molar-refractivity contribution in [3.8, 4) is 5.75 Å². The van der Waals surface area contributed by atoms with Gasteiger partial charge >= 0.3 is 0 Å². The second-order valence-corrected chi connectivity index (χ2v) is 3.78. The summed E-state index contributed by atoms with van der Waals surface area (Å²) in [5, 5.41) is 18.2. The van der Waals surface area contributed by atoms with Crippen LogP contribution in [-0.2, 0) is 13.1 Å². The van der Waals surface area contributed by atoms with Gasteiger partial charge in [0, 0.05) is 18.5 Å². The normalized spacial score (nSPS) is 10.4. The highest BCUT2D eigenvalue weighted by molar-refractivity contribution is 7.03. The zero-order valence-electron chi connectivity index (χ0n) is 8.05. The molecule has 1 aromatic carbocycles. The van der Waals surface area contributed by atoms with E-state index in [-0.39, 0.29) is 0 Å². The SMILES string of the molecule is Oc1ccc(CNCc2csnn2)cc1. The molecule has 15 heavy (non-hydrogen) atoms. The van der Waals surface area contributed by atoms with Crippen LogP contribution in [0.15, 0.2) is 29.6 Å². The van der Waals surface area contributed by atoms with Gasteiger partial charge in [-0.25, -0.2) is 0 Å². The van der Waals surface area contributed by atoms with Gasteiger partial charge in [-0.15, -0.1) is 5.10 Å². The monoisotopic (exact) mass is 221 g/mol. The van der Waals surface area contributed by atoms with Gasteiger partial charge in [0.05, 0.1) is 5.69 Å². The fourth-order valence-corrected chi connectivity index (χ4v) is 1.66. The third-order valence-electron chi connectivity index (χ3n) is 1.98. The zero-order valence-corrected chi connectivity index (χ0v) is 8.87. The van der Waals surface area contributed by atoms with Gasteiger partial charge < -0.3 is 10.4 Å². The summed E-state index contributed by atoms with van der Waals surface area (Å²) in [5.41, 5.74) is 2.09. The van der Waals surface area contributed by atoms with Crippen molar-refractivity contribution in [2.45, 2.75) is 13.1 Å². The van der Waals surface area contributed by atoms with E-state index in [0.717, 1.165) is 24.3 Å². The predicted molar refractivity (Wildman–Crippen MR) is 58.6 cm³/mol. The minimum absolute atomic E-state index is 0.294. The van der Waals surface area contributed by atoms with Crippen molar-refractivity contribution in [2.75, 3.05) is 0 Å². The van der Waals surface area contributed by atoms with E-state index in [4.69, 9.17) is 5.11 Å². The molecule has 2 rings (SSSR count). The maximum Gasteiger partial charge on any atom is 0.115 e. The van der Waals surface area contributed by atoms with Gasteiger partial charge in [0.2, 0.25) is 0 Å². The number of aromatic hydroxyl groups is 1. The standard InChI is InChI=1S/C10H11N3OS/c14-10-3-1-8(2-4-10)5-11-6-9-7-15-13-12-9/h1-4,7,11,14H,5-6H2. The molecule has 0 bridgehead atoms. The van der Waals surface area contributed by atoms with Gasteiger partial charge in [0.1, 0.15) is 5.75 Å². The number of phenolic OH excluding ortho intramolecular Hbond substituents is 1. The molecule has 0 fully saturated rings. The molecule has 0 radical (unpaired) electrons. The van der Waals surface area contributed by atoms with Crippen molar-refractivity contribution < 1.29 is 5.11 Å².